The smallest absolute Gasteiger partial charge is 0.320 e. The number of piperidine rings is 1. The van der Waals surface area contributed by atoms with Crippen molar-refractivity contribution in [2.45, 2.75) is 32.2 Å². The number of nitrogens with zero attached hydrogens (tertiary/aromatic N) is 2. The van der Waals surface area contributed by atoms with Crippen molar-refractivity contribution >= 4 is 6.03 Å². The van der Waals surface area contributed by atoms with Crippen molar-refractivity contribution in [1.82, 2.24) is 15.1 Å². The van der Waals surface area contributed by atoms with E-state index in [2.05, 4.69) is 12.2 Å². The van der Waals surface area contributed by atoms with Gasteiger partial charge in [0.25, 0.3) is 0 Å². The molecule has 15 heavy (non-hydrogen) atoms. The fraction of sp³-hybridized carbons (Fsp3) is 0.909. The Hall–Kier alpha value is -0.770. The molecule has 86 valence electrons. The number of urea groups is 1. The summed E-state index contributed by atoms with van der Waals surface area (Å²) in [6, 6.07) is 0.688. The minimum atomic E-state index is 0.253. The highest BCUT2D eigenvalue weighted by molar-refractivity contribution is 5.75. The van der Waals surface area contributed by atoms with Gasteiger partial charge in [-0.25, -0.2) is 4.79 Å². The molecule has 0 aromatic rings. The van der Waals surface area contributed by atoms with Gasteiger partial charge in [0, 0.05) is 32.7 Å². The van der Waals surface area contributed by atoms with Crippen LogP contribution in [0.25, 0.3) is 0 Å². The van der Waals surface area contributed by atoms with Crippen molar-refractivity contribution in [2.75, 3.05) is 32.7 Å². The van der Waals surface area contributed by atoms with Crippen LogP contribution in [0, 0.1) is 0 Å². The van der Waals surface area contributed by atoms with Crippen LogP contribution < -0.4 is 5.32 Å². The molecular weight excluding hydrogens is 190 g/mol. The van der Waals surface area contributed by atoms with E-state index in [1.54, 1.807) is 0 Å². The minimum absolute atomic E-state index is 0.253. The maximum atomic E-state index is 12.2. The van der Waals surface area contributed by atoms with Gasteiger partial charge >= 0.3 is 6.03 Å². The summed E-state index contributed by atoms with van der Waals surface area (Å²) in [5, 5.41) is 3.22. The number of carbonyl (C=O) groups excluding carboxylic acids is 1. The second-order valence-electron chi connectivity index (χ2n) is 4.43. The molecule has 0 radical (unpaired) electrons. The second kappa shape index (κ2) is 4.84. The van der Waals surface area contributed by atoms with Gasteiger partial charge in [-0.1, -0.05) is 0 Å². The van der Waals surface area contributed by atoms with E-state index in [1.165, 1.54) is 19.3 Å². The molecule has 1 N–H and O–H groups in total. The predicted octanol–water partition coefficient (Wildman–Crippen LogP) is 0.886. The van der Waals surface area contributed by atoms with Gasteiger partial charge in [-0.05, 0) is 26.2 Å². The summed E-state index contributed by atoms with van der Waals surface area (Å²) in [6.07, 6.45) is 3.62. The van der Waals surface area contributed by atoms with Gasteiger partial charge in [-0.3, -0.25) is 0 Å². The zero-order chi connectivity index (χ0) is 10.7. The SMILES string of the molecule is CCN(C(=O)N1CCCCC1)C1CNC1. The molecule has 0 aromatic carbocycles. The standard InChI is InChI=1S/C11H21N3O/c1-2-14(10-8-12-9-10)11(15)13-6-4-3-5-7-13/h10,12H,2-9H2,1H3. The number of likely N-dealkylation sites (N-methyl/N-ethyl adjacent to an activating group) is 1. The Morgan fingerprint density at radius 3 is 2.47 bits per heavy atom. The van der Waals surface area contributed by atoms with Crippen LogP contribution in [-0.2, 0) is 0 Å². The number of rotatable bonds is 2. The molecule has 0 aliphatic carbocycles. The number of hydrogen-bond donors (Lipinski definition) is 1. The molecule has 2 aliphatic heterocycles. The molecule has 0 unspecified atom stereocenters. The lowest BCUT2D eigenvalue weighted by molar-refractivity contribution is 0.111. The van der Waals surface area contributed by atoms with Crippen LogP contribution in [0.5, 0.6) is 0 Å². The molecule has 2 heterocycles. The lowest BCUT2D eigenvalue weighted by atomic mass is 10.1. The van der Waals surface area contributed by atoms with Crippen molar-refractivity contribution in [3.8, 4) is 0 Å². The molecule has 2 saturated heterocycles. The normalized spacial score (nSPS) is 22.3. The first kappa shape index (κ1) is 10.7. The summed E-state index contributed by atoms with van der Waals surface area (Å²) in [5.74, 6) is 0. The third kappa shape index (κ3) is 2.25. The van der Waals surface area contributed by atoms with Crippen molar-refractivity contribution in [3.63, 3.8) is 0 Å². The van der Waals surface area contributed by atoms with Crippen molar-refractivity contribution in [3.05, 3.63) is 0 Å². The molecule has 2 rings (SSSR count). The fourth-order valence-corrected chi connectivity index (χ4v) is 2.31. The maximum absolute atomic E-state index is 12.2. The Kier molecular flexibility index (Phi) is 3.46. The average Bonchev–Trinajstić information content (AvgIpc) is 2.23. The van der Waals surface area contributed by atoms with E-state index in [-0.39, 0.29) is 6.03 Å². The van der Waals surface area contributed by atoms with Gasteiger partial charge in [-0.2, -0.15) is 0 Å². The highest BCUT2D eigenvalue weighted by Gasteiger charge is 2.30. The summed E-state index contributed by atoms with van der Waals surface area (Å²) >= 11 is 0. The molecule has 0 spiro atoms. The molecule has 4 heteroatoms. The molecule has 0 saturated carbocycles. The van der Waals surface area contributed by atoms with Crippen molar-refractivity contribution in [2.24, 2.45) is 0 Å². The highest BCUT2D eigenvalue weighted by atomic mass is 16.2. The summed E-state index contributed by atoms with van der Waals surface area (Å²) < 4.78 is 0. The molecule has 0 bridgehead atoms. The van der Waals surface area contributed by atoms with Gasteiger partial charge in [0.1, 0.15) is 0 Å². The molecule has 2 aliphatic rings. The van der Waals surface area contributed by atoms with Gasteiger partial charge in [0.15, 0.2) is 0 Å². The molecular formula is C11H21N3O. The van der Waals surface area contributed by atoms with Crippen LogP contribution in [0.3, 0.4) is 0 Å². The van der Waals surface area contributed by atoms with Crippen LogP contribution in [0.15, 0.2) is 0 Å². The van der Waals surface area contributed by atoms with Gasteiger partial charge < -0.3 is 15.1 Å². The average molecular weight is 211 g/mol. The Morgan fingerprint density at radius 1 is 1.33 bits per heavy atom. The van der Waals surface area contributed by atoms with E-state index in [0.717, 1.165) is 32.7 Å². The molecule has 2 amide bonds. The number of carbonyl (C=O) groups is 1. The Balaban J connectivity index is 1.90. The van der Waals surface area contributed by atoms with Crippen LogP contribution in [0.4, 0.5) is 4.79 Å². The lowest BCUT2D eigenvalue weighted by Crippen LogP contribution is -2.61. The lowest BCUT2D eigenvalue weighted by Gasteiger charge is -2.41. The molecule has 4 nitrogen and oxygen atoms in total. The molecule has 0 atom stereocenters. The molecule has 0 aromatic heterocycles. The van der Waals surface area contributed by atoms with Gasteiger partial charge in [0.05, 0.1) is 6.04 Å². The third-order valence-corrected chi connectivity index (χ3v) is 3.41. The summed E-state index contributed by atoms with van der Waals surface area (Å²) in [6.45, 7) is 6.74. The zero-order valence-electron chi connectivity index (χ0n) is 9.54. The summed E-state index contributed by atoms with van der Waals surface area (Å²) in [5.41, 5.74) is 0. The van der Waals surface area contributed by atoms with Crippen molar-refractivity contribution in [1.29, 1.82) is 0 Å². The largest absolute Gasteiger partial charge is 0.325 e. The fourth-order valence-electron chi connectivity index (χ4n) is 2.31. The van der Waals surface area contributed by atoms with Gasteiger partial charge in [-0.15, -0.1) is 0 Å². The Bertz CT molecular complexity index is 222. The first-order chi connectivity index (χ1) is 7.33. The van der Waals surface area contributed by atoms with E-state index in [1.807, 2.05) is 9.80 Å². The number of hydrogen-bond acceptors (Lipinski definition) is 2. The van der Waals surface area contributed by atoms with E-state index >= 15 is 0 Å². The van der Waals surface area contributed by atoms with E-state index in [0.29, 0.717) is 6.04 Å². The third-order valence-electron chi connectivity index (χ3n) is 3.41. The second-order valence-corrected chi connectivity index (χ2v) is 4.43. The first-order valence-corrected chi connectivity index (χ1v) is 6.09. The van der Waals surface area contributed by atoms with Crippen LogP contribution in [0.2, 0.25) is 0 Å². The Morgan fingerprint density at radius 2 is 2.00 bits per heavy atom. The van der Waals surface area contributed by atoms with E-state index in [4.69, 9.17) is 0 Å². The van der Waals surface area contributed by atoms with E-state index in [9.17, 15) is 4.79 Å². The highest BCUT2D eigenvalue weighted by Crippen LogP contribution is 2.14. The van der Waals surface area contributed by atoms with Crippen LogP contribution >= 0.6 is 0 Å². The van der Waals surface area contributed by atoms with Crippen LogP contribution in [-0.4, -0.2) is 54.6 Å². The topological polar surface area (TPSA) is 35.6 Å². The number of amides is 2. The maximum Gasteiger partial charge on any atom is 0.320 e. The van der Waals surface area contributed by atoms with Crippen LogP contribution in [0.1, 0.15) is 26.2 Å². The number of nitrogens with one attached hydrogen (secondary N) is 1. The summed E-state index contributed by atoms with van der Waals surface area (Å²) in [7, 11) is 0. The zero-order valence-corrected chi connectivity index (χ0v) is 9.54. The van der Waals surface area contributed by atoms with Crippen molar-refractivity contribution < 1.29 is 4.79 Å². The monoisotopic (exact) mass is 211 g/mol. The minimum Gasteiger partial charge on any atom is -0.325 e. The van der Waals surface area contributed by atoms with E-state index < -0.39 is 0 Å². The Labute approximate surface area is 91.6 Å². The first-order valence-electron chi connectivity index (χ1n) is 6.09. The number of likely N-dealkylation sites (tertiary alicyclic amines) is 1. The quantitative estimate of drug-likeness (QED) is 0.736. The van der Waals surface area contributed by atoms with Gasteiger partial charge in [0.2, 0.25) is 0 Å². The summed E-state index contributed by atoms with van der Waals surface area (Å²) in [4.78, 5) is 16.2. The predicted molar refractivity (Wildman–Crippen MR) is 59.9 cm³/mol. The molecule has 2 fully saturated rings.